The Kier molecular flexibility index (Phi) is 6.80. The number of hydrogen-bond acceptors (Lipinski definition) is 8. The number of rotatable bonds is 6. The molecule has 0 radical (unpaired) electrons. The first-order chi connectivity index (χ1) is 19.7. The number of carbonyl (C=O) groups is 2. The van der Waals surface area contributed by atoms with Crippen molar-refractivity contribution in [1.82, 2.24) is 29.7 Å². The molecule has 2 aliphatic heterocycles. The summed E-state index contributed by atoms with van der Waals surface area (Å²) in [5, 5.41) is 2.46. The van der Waals surface area contributed by atoms with Crippen molar-refractivity contribution in [3.05, 3.63) is 76.5 Å². The molecule has 4 aromatic rings. The van der Waals surface area contributed by atoms with Gasteiger partial charge >= 0.3 is 6.03 Å². The molecule has 6 rings (SSSR count). The van der Waals surface area contributed by atoms with Crippen molar-refractivity contribution in [2.75, 3.05) is 17.2 Å². The summed E-state index contributed by atoms with van der Waals surface area (Å²) in [5.74, 6) is 0.252. The maximum Gasteiger partial charge on any atom is 0.329 e. The van der Waals surface area contributed by atoms with E-state index in [-0.39, 0.29) is 47.3 Å². The van der Waals surface area contributed by atoms with Crippen LogP contribution in [-0.4, -0.2) is 42.9 Å². The third kappa shape index (κ3) is 4.96. The van der Waals surface area contributed by atoms with Crippen LogP contribution in [0.15, 0.2) is 48.8 Å². The van der Waals surface area contributed by atoms with E-state index in [4.69, 9.17) is 27.1 Å². The molecule has 210 valence electrons. The Labute approximate surface area is 239 Å². The topological polar surface area (TPSA) is 132 Å². The van der Waals surface area contributed by atoms with E-state index >= 15 is 0 Å². The molecule has 3 amide bonds. The summed E-state index contributed by atoms with van der Waals surface area (Å²) in [6.45, 7) is 3.60. The number of imide groups is 1. The van der Waals surface area contributed by atoms with Gasteiger partial charge in [0.15, 0.2) is 17.4 Å². The normalized spacial score (nSPS) is 17.1. The molecule has 1 aromatic carbocycles. The van der Waals surface area contributed by atoms with Gasteiger partial charge in [0.2, 0.25) is 11.8 Å². The van der Waals surface area contributed by atoms with E-state index < -0.39 is 11.8 Å². The number of para-hydroxylation sites is 1. The van der Waals surface area contributed by atoms with Gasteiger partial charge in [-0.3, -0.25) is 19.9 Å². The summed E-state index contributed by atoms with van der Waals surface area (Å²) in [5.41, 5.74) is 10.0. The Balaban J connectivity index is 1.18. The molecule has 0 unspecified atom stereocenters. The van der Waals surface area contributed by atoms with Gasteiger partial charge in [-0.25, -0.2) is 24.1 Å². The number of fused-ring (bicyclic) bond motifs is 1. The predicted octanol–water partition coefficient (Wildman–Crippen LogP) is 4.57. The summed E-state index contributed by atoms with van der Waals surface area (Å²) < 4.78 is 21.5. The van der Waals surface area contributed by atoms with Crippen LogP contribution < -0.4 is 20.7 Å². The number of nitrogens with two attached hydrogens (primary N) is 1. The van der Waals surface area contributed by atoms with Gasteiger partial charge in [-0.15, -0.1) is 0 Å². The maximum absolute atomic E-state index is 14.1. The number of imidazole rings is 1. The lowest BCUT2D eigenvalue weighted by molar-refractivity contribution is -0.120. The van der Waals surface area contributed by atoms with Crippen LogP contribution in [-0.2, 0) is 24.9 Å². The van der Waals surface area contributed by atoms with Crippen molar-refractivity contribution in [2.24, 2.45) is 7.05 Å². The van der Waals surface area contributed by atoms with E-state index in [2.05, 4.69) is 27.1 Å². The standard InChI is InChI=1S/C28H26ClFN8O3/c1-15-24-17(6-7-21(34-24)26-32-12-23(36(26)2)38-9-8-22(39)35-28(38)40)14-37(15)13-16-10-20(31)27(33-11-16)41-25-18(29)4-3-5-19(25)30/h3-7,10-12,15H,8-9,13-14,31H2,1-2H3,(H,35,39,40)/t15-/m1/s1. The summed E-state index contributed by atoms with van der Waals surface area (Å²) in [4.78, 5) is 41.4. The number of anilines is 2. The highest BCUT2D eigenvalue weighted by Crippen LogP contribution is 2.37. The second-order valence-electron chi connectivity index (χ2n) is 9.97. The summed E-state index contributed by atoms with van der Waals surface area (Å²) in [6.07, 6.45) is 3.49. The van der Waals surface area contributed by atoms with Crippen molar-refractivity contribution in [1.29, 1.82) is 0 Å². The molecule has 5 heterocycles. The van der Waals surface area contributed by atoms with Gasteiger partial charge in [0.05, 0.1) is 28.6 Å². The lowest BCUT2D eigenvalue weighted by Gasteiger charge is -2.26. The fraction of sp³-hybridized carbons (Fsp3) is 0.250. The monoisotopic (exact) mass is 576 g/mol. The Morgan fingerprint density at radius 1 is 1.20 bits per heavy atom. The largest absolute Gasteiger partial charge is 0.432 e. The summed E-state index contributed by atoms with van der Waals surface area (Å²) in [6, 6.07) is 9.51. The Morgan fingerprint density at radius 3 is 2.78 bits per heavy atom. The minimum atomic E-state index is -0.603. The molecule has 1 fully saturated rings. The number of nitrogens with one attached hydrogen (secondary N) is 1. The molecule has 3 aromatic heterocycles. The summed E-state index contributed by atoms with van der Waals surface area (Å²) >= 11 is 6.06. The molecular formula is C28H26ClFN8O3. The maximum atomic E-state index is 14.1. The van der Waals surface area contributed by atoms with E-state index in [1.54, 1.807) is 23.0 Å². The van der Waals surface area contributed by atoms with Crippen molar-refractivity contribution in [3.8, 4) is 23.1 Å². The molecule has 2 aliphatic rings. The molecule has 0 bridgehead atoms. The van der Waals surface area contributed by atoms with Crippen LogP contribution >= 0.6 is 11.6 Å². The smallest absolute Gasteiger partial charge is 0.329 e. The van der Waals surface area contributed by atoms with Crippen LogP contribution in [0.5, 0.6) is 11.6 Å². The van der Waals surface area contributed by atoms with Crippen LogP contribution in [0.1, 0.15) is 36.2 Å². The van der Waals surface area contributed by atoms with Crippen molar-refractivity contribution < 1.29 is 18.7 Å². The number of pyridine rings is 2. The number of benzene rings is 1. The average molecular weight is 577 g/mol. The van der Waals surface area contributed by atoms with Crippen molar-refractivity contribution in [2.45, 2.75) is 32.5 Å². The first-order valence-electron chi connectivity index (χ1n) is 12.9. The first kappa shape index (κ1) is 26.7. The zero-order valence-electron chi connectivity index (χ0n) is 22.3. The number of aromatic nitrogens is 4. The first-order valence-corrected chi connectivity index (χ1v) is 13.3. The number of ether oxygens (including phenoxy) is 1. The van der Waals surface area contributed by atoms with E-state index in [0.29, 0.717) is 30.4 Å². The van der Waals surface area contributed by atoms with Crippen LogP contribution in [0, 0.1) is 5.82 Å². The van der Waals surface area contributed by atoms with Gasteiger partial charge in [0.1, 0.15) is 11.5 Å². The van der Waals surface area contributed by atoms with Gasteiger partial charge in [0, 0.05) is 39.3 Å². The molecule has 0 aliphatic carbocycles. The molecule has 41 heavy (non-hydrogen) atoms. The lowest BCUT2D eigenvalue weighted by atomic mass is 10.1. The Morgan fingerprint density at radius 2 is 2.02 bits per heavy atom. The second-order valence-corrected chi connectivity index (χ2v) is 10.4. The fourth-order valence-corrected chi connectivity index (χ4v) is 5.32. The predicted molar refractivity (Wildman–Crippen MR) is 150 cm³/mol. The quantitative estimate of drug-likeness (QED) is 0.341. The third-order valence-corrected chi connectivity index (χ3v) is 7.59. The van der Waals surface area contributed by atoms with E-state index in [1.165, 1.54) is 23.1 Å². The Bertz CT molecular complexity index is 1670. The minimum Gasteiger partial charge on any atom is -0.432 e. The fourth-order valence-electron chi connectivity index (χ4n) is 5.12. The van der Waals surface area contributed by atoms with Crippen molar-refractivity contribution >= 4 is 35.0 Å². The minimum absolute atomic E-state index is 0.00190. The number of nitrogens with zero attached hydrogens (tertiary/aromatic N) is 6. The molecule has 13 heteroatoms. The van der Waals surface area contributed by atoms with Crippen LogP contribution in [0.3, 0.4) is 0 Å². The Hall–Kier alpha value is -4.55. The highest BCUT2D eigenvalue weighted by molar-refractivity contribution is 6.32. The van der Waals surface area contributed by atoms with Gasteiger partial charge in [-0.1, -0.05) is 23.7 Å². The average Bonchev–Trinajstić information content (AvgIpc) is 3.46. The summed E-state index contributed by atoms with van der Waals surface area (Å²) in [7, 11) is 1.82. The number of nitrogen functional groups attached to an aromatic ring is 1. The highest BCUT2D eigenvalue weighted by Gasteiger charge is 2.31. The van der Waals surface area contributed by atoms with E-state index in [0.717, 1.165) is 16.8 Å². The van der Waals surface area contributed by atoms with Crippen LogP contribution in [0.25, 0.3) is 11.5 Å². The van der Waals surface area contributed by atoms with Gasteiger partial charge in [0.25, 0.3) is 0 Å². The lowest BCUT2D eigenvalue weighted by Crippen LogP contribution is -2.50. The highest BCUT2D eigenvalue weighted by atomic mass is 35.5. The van der Waals surface area contributed by atoms with Gasteiger partial charge in [-0.05, 0) is 42.3 Å². The van der Waals surface area contributed by atoms with E-state index in [9.17, 15) is 14.0 Å². The van der Waals surface area contributed by atoms with Gasteiger partial charge in [-0.2, -0.15) is 0 Å². The number of hydrogen-bond donors (Lipinski definition) is 2. The molecular weight excluding hydrogens is 551 g/mol. The molecule has 11 nitrogen and oxygen atoms in total. The van der Waals surface area contributed by atoms with Crippen LogP contribution in [0.4, 0.5) is 20.7 Å². The van der Waals surface area contributed by atoms with Gasteiger partial charge < -0.3 is 15.0 Å². The molecule has 0 spiro atoms. The van der Waals surface area contributed by atoms with Crippen LogP contribution in [0.2, 0.25) is 5.02 Å². The number of halogens is 2. The second kappa shape index (κ2) is 10.5. The SMILES string of the molecule is C[C@@H]1c2nc(-c3ncc(N4CCC(=O)NC4=O)n3C)ccc2CN1Cc1cnc(Oc2c(F)cccc2Cl)c(N)c1. The number of amides is 3. The number of urea groups is 1. The number of carbonyl (C=O) groups excluding carboxylic acids is 2. The molecule has 0 saturated carbocycles. The van der Waals surface area contributed by atoms with E-state index in [1.807, 2.05) is 19.2 Å². The third-order valence-electron chi connectivity index (χ3n) is 7.29. The molecule has 1 saturated heterocycles. The van der Waals surface area contributed by atoms with Crippen molar-refractivity contribution in [3.63, 3.8) is 0 Å². The molecule has 1 atom stereocenters. The zero-order chi connectivity index (χ0) is 28.8. The zero-order valence-corrected chi connectivity index (χ0v) is 23.0. The molecule has 3 N–H and O–H groups in total.